The molecule has 0 heterocycles. The normalized spacial score (nSPS) is 23.9. The third-order valence-electron chi connectivity index (χ3n) is 4.08. The third-order valence-corrected chi connectivity index (χ3v) is 4.08. The van der Waals surface area contributed by atoms with Gasteiger partial charge in [-0.25, -0.2) is 0 Å². The van der Waals surface area contributed by atoms with Gasteiger partial charge < -0.3 is 15.3 Å². The predicted molar refractivity (Wildman–Crippen MR) is 76.2 cm³/mol. The van der Waals surface area contributed by atoms with Crippen LogP contribution in [0.3, 0.4) is 0 Å². The smallest absolute Gasteiger partial charge is 0.115 e. The van der Waals surface area contributed by atoms with Crippen molar-refractivity contribution >= 4 is 5.69 Å². The molecule has 1 aliphatic rings. The third kappa shape index (κ3) is 3.16. The van der Waals surface area contributed by atoms with E-state index in [1.807, 2.05) is 12.1 Å². The number of nitrogens with one attached hydrogen (secondary N) is 1. The van der Waals surface area contributed by atoms with Gasteiger partial charge in [0.25, 0.3) is 0 Å². The number of hydrogen-bond donors (Lipinski definition) is 2. The summed E-state index contributed by atoms with van der Waals surface area (Å²) in [4.78, 5) is 2.29. The molecule has 2 N–H and O–H groups in total. The fraction of sp³-hybridized carbons (Fsp3) is 0.600. The minimum Gasteiger partial charge on any atom is -0.508 e. The van der Waals surface area contributed by atoms with Crippen molar-refractivity contribution in [2.24, 2.45) is 5.92 Å². The Morgan fingerprint density at radius 1 is 1.22 bits per heavy atom. The van der Waals surface area contributed by atoms with Gasteiger partial charge in [-0.05, 0) is 50.1 Å². The van der Waals surface area contributed by atoms with Crippen LogP contribution in [0.2, 0.25) is 0 Å². The number of rotatable bonds is 4. The molecule has 3 nitrogen and oxygen atoms in total. The van der Waals surface area contributed by atoms with Crippen LogP contribution in [0.25, 0.3) is 0 Å². The number of nitrogens with zero attached hydrogens (tertiary/aromatic N) is 1. The van der Waals surface area contributed by atoms with E-state index in [-0.39, 0.29) is 0 Å². The van der Waals surface area contributed by atoms with Gasteiger partial charge in [0.1, 0.15) is 5.75 Å². The largest absolute Gasteiger partial charge is 0.508 e. The molecular weight excluding hydrogens is 224 g/mol. The maximum absolute atomic E-state index is 9.31. The molecule has 0 amide bonds. The zero-order chi connectivity index (χ0) is 13.0. The van der Waals surface area contributed by atoms with Crippen molar-refractivity contribution in [1.29, 1.82) is 0 Å². The average Bonchev–Trinajstić information content (AvgIpc) is 2.40. The monoisotopic (exact) mass is 248 g/mol. The highest BCUT2D eigenvalue weighted by Crippen LogP contribution is 2.26. The van der Waals surface area contributed by atoms with Gasteiger partial charge in [-0.3, -0.25) is 0 Å². The van der Waals surface area contributed by atoms with E-state index >= 15 is 0 Å². The van der Waals surface area contributed by atoms with Gasteiger partial charge >= 0.3 is 0 Å². The molecule has 2 atom stereocenters. The summed E-state index contributed by atoms with van der Waals surface area (Å²) in [5.41, 5.74) is 1.17. The van der Waals surface area contributed by atoms with Crippen LogP contribution >= 0.6 is 0 Å². The number of phenols is 1. The van der Waals surface area contributed by atoms with Crippen molar-refractivity contribution in [2.75, 3.05) is 25.5 Å². The van der Waals surface area contributed by atoms with Gasteiger partial charge in [0.05, 0.1) is 0 Å². The number of benzene rings is 1. The molecule has 1 saturated carbocycles. The Labute approximate surface area is 110 Å². The minimum absolute atomic E-state index is 0.331. The molecule has 0 radical (unpaired) electrons. The Bertz CT molecular complexity index is 363. The van der Waals surface area contributed by atoms with Crippen molar-refractivity contribution in [2.45, 2.75) is 31.7 Å². The van der Waals surface area contributed by atoms with Gasteiger partial charge in [0.2, 0.25) is 0 Å². The van der Waals surface area contributed by atoms with E-state index in [1.165, 1.54) is 31.4 Å². The fourth-order valence-electron chi connectivity index (χ4n) is 2.97. The van der Waals surface area contributed by atoms with E-state index in [0.717, 1.165) is 12.5 Å². The van der Waals surface area contributed by atoms with Crippen molar-refractivity contribution in [3.8, 4) is 5.75 Å². The van der Waals surface area contributed by atoms with Crippen LogP contribution < -0.4 is 10.2 Å². The molecule has 0 spiro atoms. The second-order valence-corrected chi connectivity index (χ2v) is 5.34. The number of aromatic hydroxyl groups is 1. The second-order valence-electron chi connectivity index (χ2n) is 5.34. The standard InChI is InChI=1S/C15H24N2O/c1-16-15-6-4-3-5-12(15)11-17(2)13-7-9-14(18)10-8-13/h7-10,12,15-16,18H,3-6,11H2,1-2H3. The summed E-state index contributed by atoms with van der Waals surface area (Å²) in [6, 6.07) is 8.11. The maximum atomic E-state index is 9.31. The SMILES string of the molecule is CNC1CCCCC1CN(C)c1ccc(O)cc1. The summed E-state index contributed by atoms with van der Waals surface area (Å²) in [6.07, 6.45) is 5.32. The molecule has 0 aromatic heterocycles. The van der Waals surface area contributed by atoms with Crippen LogP contribution in [-0.4, -0.2) is 31.8 Å². The van der Waals surface area contributed by atoms with Crippen LogP contribution in [0, 0.1) is 5.92 Å². The molecule has 1 fully saturated rings. The molecule has 1 aromatic carbocycles. The molecule has 2 rings (SSSR count). The molecule has 18 heavy (non-hydrogen) atoms. The highest BCUT2D eigenvalue weighted by molar-refractivity contribution is 5.48. The lowest BCUT2D eigenvalue weighted by Gasteiger charge is -2.35. The Kier molecular flexibility index (Phi) is 4.48. The first-order valence-electron chi connectivity index (χ1n) is 6.88. The zero-order valence-electron chi connectivity index (χ0n) is 11.4. The Morgan fingerprint density at radius 3 is 2.56 bits per heavy atom. The lowest BCUT2D eigenvalue weighted by Crippen LogP contribution is -2.42. The Balaban J connectivity index is 1.97. The van der Waals surface area contributed by atoms with E-state index in [0.29, 0.717) is 11.8 Å². The van der Waals surface area contributed by atoms with E-state index in [1.54, 1.807) is 12.1 Å². The average molecular weight is 248 g/mol. The first-order valence-corrected chi connectivity index (χ1v) is 6.88. The highest BCUT2D eigenvalue weighted by Gasteiger charge is 2.24. The van der Waals surface area contributed by atoms with Crippen LogP contribution in [0.1, 0.15) is 25.7 Å². The number of hydrogen-bond acceptors (Lipinski definition) is 3. The summed E-state index contributed by atoms with van der Waals surface area (Å²) in [7, 11) is 4.21. The summed E-state index contributed by atoms with van der Waals surface area (Å²) < 4.78 is 0. The highest BCUT2D eigenvalue weighted by atomic mass is 16.3. The minimum atomic E-state index is 0.331. The lowest BCUT2D eigenvalue weighted by atomic mass is 9.84. The van der Waals surface area contributed by atoms with Crippen LogP contribution in [0.4, 0.5) is 5.69 Å². The van der Waals surface area contributed by atoms with Gasteiger partial charge in [-0.2, -0.15) is 0 Å². The number of phenolic OH excluding ortho intramolecular Hbond substituents is 1. The summed E-state index contributed by atoms with van der Waals surface area (Å²) in [6.45, 7) is 1.08. The second kappa shape index (κ2) is 6.10. The zero-order valence-corrected chi connectivity index (χ0v) is 11.4. The maximum Gasteiger partial charge on any atom is 0.115 e. The molecule has 0 bridgehead atoms. The molecule has 0 aliphatic heterocycles. The van der Waals surface area contributed by atoms with Crippen LogP contribution in [0.15, 0.2) is 24.3 Å². The first kappa shape index (κ1) is 13.2. The molecule has 100 valence electrons. The van der Waals surface area contributed by atoms with Crippen molar-refractivity contribution < 1.29 is 5.11 Å². The molecule has 1 aliphatic carbocycles. The molecular formula is C15H24N2O. The summed E-state index contributed by atoms with van der Waals surface area (Å²) in [5.74, 6) is 1.06. The van der Waals surface area contributed by atoms with E-state index in [2.05, 4.69) is 24.3 Å². The van der Waals surface area contributed by atoms with Gasteiger partial charge in [-0.15, -0.1) is 0 Å². The Hall–Kier alpha value is -1.22. The first-order chi connectivity index (χ1) is 8.70. The van der Waals surface area contributed by atoms with Crippen molar-refractivity contribution in [3.63, 3.8) is 0 Å². The van der Waals surface area contributed by atoms with E-state index in [9.17, 15) is 5.11 Å². The summed E-state index contributed by atoms with van der Waals surface area (Å²) in [5, 5.41) is 12.8. The predicted octanol–water partition coefficient (Wildman–Crippen LogP) is 2.61. The number of anilines is 1. The molecule has 1 aromatic rings. The van der Waals surface area contributed by atoms with Gasteiger partial charge in [0.15, 0.2) is 0 Å². The van der Waals surface area contributed by atoms with E-state index < -0.39 is 0 Å². The van der Waals surface area contributed by atoms with Crippen LogP contribution in [-0.2, 0) is 0 Å². The quantitative estimate of drug-likeness (QED) is 0.859. The fourth-order valence-corrected chi connectivity index (χ4v) is 2.97. The Morgan fingerprint density at radius 2 is 1.89 bits per heavy atom. The molecule has 2 unspecified atom stereocenters. The van der Waals surface area contributed by atoms with Gasteiger partial charge in [-0.1, -0.05) is 12.8 Å². The molecule has 3 heteroatoms. The van der Waals surface area contributed by atoms with Crippen molar-refractivity contribution in [3.05, 3.63) is 24.3 Å². The van der Waals surface area contributed by atoms with Gasteiger partial charge in [0, 0.05) is 25.3 Å². The van der Waals surface area contributed by atoms with E-state index in [4.69, 9.17) is 0 Å². The topological polar surface area (TPSA) is 35.5 Å². The summed E-state index contributed by atoms with van der Waals surface area (Å²) >= 11 is 0. The molecule has 0 saturated heterocycles. The van der Waals surface area contributed by atoms with Crippen molar-refractivity contribution in [1.82, 2.24) is 5.32 Å². The lowest BCUT2D eigenvalue weighted by molar-refractivity contribution is 0.278. The van der Waals surface area contributed by atoms with Crippen LogP contribution in [0.5, 0.6) is 5.75 Å².